The zero-order valence-corrected chi connectivity index (χ0v) is 13.4. The van der Waals surface area contributed by atoms with E-state index < -0.39 is 0 Å². The highest BCUT2D eigenvalue weighted by atomic mass is 35.5. The maximum atomic E-state index is 12.7. The van der Waals surface area contributed by atoms with Crippen LogP contribution in [0.25, 0.3) is 0 Å². The topological polar surface area (TPSA) is 35.5 Å². The number of methoxy groups -OCH3 is 2. The molecule has 0 saturated carbocycles. The van der Waals surface area contributed by atoms with Crippen molar-refractivity contribution in [1.82, 2.24) is 0 Å². The lowest BCUT2D eigenvalue weighted by atomic mass is 10.0. The highest BCUT2D eigenvalue weighted by molar-refractivity contribution is 6.37. The van der Waals surface area contributed by atoms with E-state index in [9.17, 15) is 4.79 Å². The van der Waals surface area contributed by atoms with Gasteiger partial charge in [-0.3, -0.25) is 4.79 Å². The third kappa shape index (κ3) is 2.85. The van der Waals surface area contributed by atoms with Gasteiger partial charge in [0, 0.05) is 5.56 Å². The van der Waals surface area contributed by atoms with Crippen molar-refractivity contribution in [1.29, 1.82) is 0 Å². The fourth-order valence-electron chi connectivity index (χ4n) is 2.04. The minimum absolute atomic E-state index is 0.245. The maximum Gasteiger partial charge on any atom is 0.198 e. The van der Waals surface area contributed by atoms with E-state index in [1.54, 1.807) is 24.3 Å². The average Bonchev–Trinajstić information content (AvgIpc) is 2.49. The summed E-state index contributed by atoms with van der Waals surface area (Å²) in [5, 5.41) is 0.686. The van der Waals surface area contributed by atoms with Crippen molar-refractivity contribution in [3.8, 4) is 11.5 Å². The fourth-order valence-corrected chi connectivity index (χ4v) is 2.57. The van der Waals surface area contributed by atoms with Gasteiger partial charge in [0.15, 0.2) is 11.5 Å². The molecule has 0 atom stereocenters. The van der Waals surface area contributed by atoms with Gasteiger partial charge in [0.2, 0.25) is 0 Å². The van der Waals surface area contributed by atoms with Crippen molar-refractivity contribution >= 4 is 29.0 Å². The quantitative estimate of drug-likeness (QED) is 0.774. The molecule has 0 fully saturated rings. The van der Waals surface area contributed by atoms with Crippen molar-refractivity contribution < 1.29 is 14.3 Å². The lowest BCUT2D eigenvalue weighted by molar-refractivity contribution is 0.103. The largest absolute Gasteiger partial charge is 0.495 e. The van der Waals surface area contributed by atoms with Gasteiger partial charge in [0.25, 0.3) is 0 Å². The van der Waals surface area contributed by atoms with Crippen molar-refractivity contribution in [2.24, 2.45) is 0 Å². The minimum atomic E-state index is -0.245. The van der Waals surface area contributed by atoms with Crippen molar-refractivity contribution in [2.75, 3.05) is 14.2 Å². The van der Waals surface area contributed by atoms with E-state index in [0.29, 0.717) is 21.9 Å². The van der Waals surface area contributed by atoms with E-state index in [1.165, 1.54) is 14.2 Å². The second-order valence-electron chi connectivity index (χ2n) is 4.43. The Morgan fingerprint density at radius 2 is 1.67 bits per heavy atom. The van der Waals surface area contributed by atoms with Gasteiger partial charge >= 0.3 is 0 Å². The smallest absolute Gasteiger partial charge is 0.198 e. The number of benzene rings is 2. The SMILES string of the molecule is COc1ccc(C(=O)c2cccc(C)c2Cl)c(OC)c1Cl. The number of ether oxygens (including phenoxy) is 2. The summed E-state index contributed by atoms with van der Waals surface area (Å²) in [5.41, 5.74) is 1.59. The summed E-state index contributed by atoms with van der Waals surface area (Å²) in [7, 11) is 2.95. The third-order valence-corrected chi connectivity index (χ3v) is 4.03. The predicted octanol–water partition coefficient (Wildman–Crippen LogP) is 4.55. The number of rotatable bonds is 4. The number of aryl methyl sites for hydroxylation is 1. The number of hydrogen-bond acceptors (Lipinski definition) is 3. The molecule has 3 nitrogen and oxygen atoms in total. The first-order valence-electron chi connectivity index (χ1n) is 6.21. The van der Waals surface area contributed by atoms with Crippen LogP contribution in [0.5, 0.6) is 11.5 Å². The van der Waals surface area contributed by atoms with Gasteiger partial charge in [-0.25, -0.2) is 0 Å². The van der Waals surface area contributed by atoms with E-state index in [0.717, 1.165) is 5.56 Å². The first kappa shape index (κ1) is 15.7. The maximum absolute atomic E-state index is 12.7. The van der Waals surface area contributed by atoms with Crippen LogP contribution in [-0.4, -0.2) is 20.0 Å². The Labute approximate surface area is 133 Å². The molecule has 110 valence electrons. The van der Waals surface area contributed by atoms with E-state index in [-0.39, 0.29) is 16.6 Å². The average molecular weight is 325 g/mol. The van der Waals surface area contributed by atoms with Crippen LogP contribution in [0, 0.1) is 6.92 Å². The van der Waals surface area contributed by atoms with Crippen LogP contribution in [0.2, 0.25) is 10.0 Å². The van der Waals surface area contributed by atoms with Gasteiger partial charge in [-0.15, -0.1) is 0 Å². The summed E-state index contributed by atoms with van der Waals surface area (Å²) in [6, 6.07) is 8.55. The Morgan fingerprint density at radius 3 is 2.29 bits per heavy atom. The summed E-state index contributed by atoms with van der Waals surface area (Å²) in [4.78, 5) is 12.7. The van der Waals surface area contributed by atoms with Crippen LogP contribution in [0.3, 0.4) is 0 Å². The molecule has 0 amide bonds. The normalized spacial score (nSPS) is 10.3. The minimum Gasteiger partial charge on any atom is -0.495 e. The summed E-state index contributed by atoms with van der Waals surface area (Å²) >= 11 is 12.4. The summed E-state index contributed by atoms with van der Waals surface area (Å²) in [5.74, 6) is 0.476. The Hall–Kier alpha value is -1.71. The second kappa shape index (κ2) is 6.37. The molecule has 0 aliphatic rings. The molecule has 0 radical (unpaired) electrons. The van der Waals surface area contributed by atoms with Gasteiger partial charge in [-0.1, -0.05) is 35.3 Å². The third-order valence-electron chi connectivity index (χ3n) is 3.17. The summed E-state index contributed by atoms with van der Waals surface area (Å²) < 4.78 is 10.4. The van der Waals surface area contributed by atoms with Gasteiger partial charge in [-0.2, -0.15) is 0 Å². The first-order valence-corrected chi connectivity index (χ1v) is 6.97. The van der Waals surface area contributed by atoms with E-state index >= 15 is 0 Å². The fraction of sp³-hybridized carbons (Fsp3) is 0.188. The lowest BCUT2D eigenvalue weighted by Crippen LogP contribution is -2.06. The molecule has 0 aliphatic carbocycles. The van der Waals surface area contributed by atoms with Gasteiger partial charge < -0.3 is 9.47 Å². The monoisotopic (exact) mass is 324 g/mol. The van der Waals surface area contributed by atoms with Crippen LogP contribution in [-0.2, 0) is 0 Å². The second-order valence-corrected chi connectivity index (χ2v) is 5.18. The Morgan fingerprint density at radius 1 is 0.952 bits per heavy atom. The van der Waals surface area contributed by atoms with E-state index in [2.05, 4.69) is 0 Å². The number of carbonyl (C=O) groups excluding carboxylic acids is 1. The van der Waals surface area contributed by atoms with Crippen molar-refractivity contribution in [2.45, 2.75) is 6.92 Å². The van der Waals surface area contributed by atoms with E-state index in [1.807, 2.05) is 13.0 Å². The molecular weight excluding hydrogens is 311 g/mol. The summed E-state index contributed by atoms with van der Waals surface area (Å²) in [6.07, 6.45) is 0. The molecule has 2 aromatic carbocycles. The van der Waals surface area contributed by atoms with Crippen molar-refractivity contribution in [3.63, 3.8) is 0 Å². The van der Waals surface area contributed by atoms with Gasteiger partial charge in [0.1, 0.15) is 10.8 Å². The molecule has 0 heterocycles. The van der Waals surface area contributed by atoms with Crippen LogP contribution in [0.4, 0.5) is 0 Å². The van der Waals surface area contributed by atoms with E-state index in [4.69, 9.17) is 32.7 Å². The van der Waals surface area contributed by atoms with Crippen LogP contribution < -0.4 is 9.47 Å². The molecule has 5 heteroatoms. The Balaban J connectivity index is 2.59. The number of hydrogen-bond donors (Lipinski definition) is 0. The molecule has 0 N–H and O–H groups in total. The van der Waals surface area contributed by atoms with Gasteiger partial charge in [0.05, 0.1) is 24.8 Å². The molecule has 0 aliphatic heterocycles. The summed E-state index contributed by atoms with van der Waals surface area (Å²) in [6.45, 7) is 1.84. The molecule has 0 unspecified atom stereocenters. The van der Waals surface area contributed by atoms with Crippen molar-refractivity contribution in [3.05, 3.63) is 57.1 Å². The molecular formula is C16H14Cl2O3. The number of ketones is 1. The molecule has 2 aromatic rings. The highest BCUT2D eigenvalue weighted by Gasteiger charge is 2.21. The predicted molar refractivity (Wildman–Crippen MR) is 84.2 cm³/mol. The lowest BCUT2D eigenvalue weighted by Gasteiger charge is -2.13. The molecule has 21 heavy (non-hydrogen) atoms. The zero-order valence-electron chi connectivity index (χ0n) is 11.9. The number of carbonyl (C=O) groups is 1. The first-order chi connectivity index (χ1) is 10.0. The molecule has 2 rings (SSSR count). The van der Waals surface area contributed by atoms with Crippen LogP contribution in [0.1, 0.15) is 21.5 Å². The molecule has 0 bridgehead atoms. The van der Waals surface area contributed by atoms with Crippen LogP contribution >= 0.6 is 23.2 Å². The Kier molecular flexibility index (Phi) is 4.76. The molecule has 0 aromatic heterocycles. The zero-order chi connectivity index (χ0) is 15.6. The molecule has 0 spiro atoms. The number of halogens is 2. The molecule has 0 saturated heterocycles. The highest BCUT2D eigenvalue weighted by Crippen LogP contribution is 2.38. The standard InChI is InChI=1S/C16H14Cl2O3/c1-9-5-4-6-10(13(9)17)15(19)11-7-8-12(20-2)14(18)16(11)21-3/h4-8H,1-3H3. The van der Waals surface area contributed by atoms with Crippen LogP contribution in [0.15, 0.2) is 30.3 Å². The Bertz CT molecular complexity index is 696. The van der Waals surface area contributed by atoms with Gasteiger partial charge in [-0.05, 0) is 30.7 Å².